The van der Waals surface area contributed by atoms with E-state index in [0.717, 1.165) is 60.0 Å². The van der Waals surface area contributed by atoms with Crippen molar-refractivity contribution >= 4 is 57.7 Å². The third-order valence-corrected chi connectivity index (χ3v) is 12.5. The van der Waals surface area contributed by atoms with Gasteiger partial charge in [-0.2, -0.15) is 0 Å². The maximum Gasteiger partial charge on any atom is 0.415 e. The molecule has 3 fully saturated rings. The predicted octanol–water partition coefficient (Wildman–Crippen LogP) is 6.48. The quantitative estimate of drug-likeness (QED) is 0.177. The first-order valence-electron chi connectivity index (χ1n) is 20.7. The van der Waals surface area contributed by atoms with Crippen molar-refractivity contribution in [2.45, 2.75) is 75.8 Å². The number of carbonyl (C=O) groups is 4. The highest BCUT2D eigenvalue weighted by Crippen LogP contribution is 2.46. The number of benzene rings is 3. The molecule has 5 aliphatic rings. The van der Waals surface area contributed by atoms with E-state index in [1.54, 1.807) is 20.8 Å². The maximum absolute atomic E-state index is 14.1. The third kappa shape index (κ3) is 8.22. The number of methoxy groups -OCH3 is 1. The average Bonchev–Trinajstić information content (AvgIpc) is 3.60. The van der Waals surface area contributed by atoms with E-state index in [-0.39, 0.29) is 53.5 Å². The van der Waals surface area contributed by atoms with E-state index in [9.17, 15) is 24.3 Å². The summed E-state index contributed by atoms with van der Waals surface area (Å²) in [6.07, 6.45) is 1.81. The molecule has 16 heteroatoms. The topological polar surface area (TPSA) is 151 Å². The van der Waals surface area contributed by atoms with Gasteiger partial charge in [0.05, 0.1) is 36.7 Å². The van der Waals surface area contributed by atoms with Gasteiger partial charge in [0.2, 0.25) is 5.91 Å². The second-order valence-corrected chi connectivity index (χ2v) is 16.2. The zero-order chi connectivity index (χ0) is 41.2. The van der Waals surface area contributed by atoms with Gasteiger partial charge in [0.25, 0.3) is 5.91 Å². The molecule has 5 heterocycles. The molecule has 0 saturated carbocycles. The summed E-state index contributed by atoms with van der Waals surface area (Å²) in [7, 11) is 3.48. The van der Waals surface area contributed by atoms with Crippen LogP contribution in [0.4, 0.5) is 21.0 Å². The number of nitrogens with zero attached hydrogens (tertiary/aromatic N) is 5. The number of halogens is 1. The molecule has 0 radical (unpaired) electrons. The largest absolute Gasteiger partial charge is 0.493 e. The highest BCUT2D eigenvalue weighted by atomic mass is 35.5. The first-order valence-corrected chi connectivity index (χ1v) is 21.2. The van der Waals surface area contributed by atoms with Gasteiger partial charge in [-0.1, -0.05) is 24.3 Å². The fourth-order valence-electron chi connectivity index (χ4n) is 9.05. The molecule has 5 aliphatic heterocycles. The number of piperazine rings is 1. The van der Waals surface area contributed by atoms with Gasteiger partial charge >= 0.3 is 12.2 Å². The van der Waals surface area contributed by atoms with E-state index < -0.39 is 30.7 Å². The van der Waals surface area contributed by atoms with E-state index in [2.05, 4.69) is 4.90 Å². The number of piperidine rings is 1. The molecule has 0 aromatic heterocycles. The number of hydrogen-bond acceptors (Lipinski definition) is 10. The van der Waals surface area contributed by atoms with Crippen LogP contribution in [-0.4, -0.2) is 135 Å². The van der Waals surface area contributed by atoms with Crippen LogP contribution in [0.2, 0.25) is 0 Å². The third-order valence-electron chi connectivity index (χ3n) is 12.2. The van der Waals surface area contributed by atoms with Crippen LogP contribution in [0.5, 0.6) is 17.2 Å². The van der Waals surface area contributed by atoms with Crippen LogP contribution in [0.25, 0.3) is 10.8 Å². The molecule has 1 N–H and O–H groups in total. The second kappa shape index (κ2) is 17.8. The zero-order valence-corrected chi connectivity index (χ0v) is 34.4. The predicted molar refractivity (Wildman–Crippen MR) is 220 cm³/mol. The standard InChI is InChI=1S/C43H52ClN5O10/c1-45-16-18-46(19-17-45)43(54)58-34-24-33-39(29-11-4-3-10-28(29)34)27(25-44)26-48(33)37(50)13-9-21-56-36-23-32-30(22-35(36)55-2)40(51)47-15-7-5-12-31(47)41(49(32)42(52)53)59-38-14-6-8-20-57-38/h3-4,10-11,22-24,27,31,38,41H,5-9,12-21,25-26H2,1-2H3,(H,52,53)/t27-,31+,38?,41+/m1/s1. The molecule has 15 nitrogen and oxygen atoms in total. The highest BCUT2D eigenvalue weighted by Gasteiger charge is 2.46. The summed E-state index contributed by atoms with van der Waals surface area (Å²) in [5, 5.41) is 12.4. The van der Waals surface area contributed by atoms with Gasteiger partial charge in [-0.15, -0.1) is 11.6 Å². The van der Waals surface area contributed by atoms with Crippen molar-refractivity contribution < 1.29 is 48.0 Å². The number of amides is 4. The van der Waals surface area contributed by atoms with E-state index in [1.165, 1.54) is 19.2 Å². The number of hydrogen-bond donors (Lipinski definition) is 1. The molecular weight excluding hydrogens is 782 g/mol. The summed E-state index contributed by atoms with van der Waals surface area (Å²) in [4.78, 5) is 63.0. The lowest BCUT2D eigenvalue weighted by atomic mass is 9.95. The first-order chi connectivity index (χ1) is 28.7. The maximum atomic E-state index is 14.1. The Hall–Kier alpha value is -4.83. The number of carbonyl (C=O) groups excluding carboxylic acids is 3. The van der Waals surface area contributed by atoms with E-state index in [4.69, 9.17) is 35.3 Å². The lowest BCUT2D eigenvalue weighted by Gasteiger charge is -2.42. The molecule has 3 aromatic rings. The monoisotopic (exact) mass is 833 g/mol. The van der Waals surface area contributed by atoms with Crippen LogP contribution in [0.15, 0.2) is 42.5 Å². The lowest BCUT2D eigenvalue weighted by molar-refractivity contribution is -0.198. The number of likely N-dealkylation sites (N-methyl/N-ethyl adjacent to an activating group) is 1. The summed E-state index contributed by atoms with van der Waals surface area (Å²) in [5.41, 5.74) is 1.93. The molecule has 4 atom stereocenters. The highest BCUT2D eigenvalue weighted by molar-refractivity contribution is 6.19. The minimum Gasteiger partial charge on any atom is -0.493 e. The number of ether oxygens (including phenoxy) is 5. The summed E-state index contributed by atoms with van der Waals surface area (Å²) >= 11 is 6.52. The normalized spacial score (nSPS) is 23.3. The van der Waals surface area contributed by atoms with Gasteiger partial charge in [0, 0.05) is 81.6 Å². The number of rotatable bonds is 10. The fourth-order valence-corrected chi connectivity index (χ4v) is 9.30. The molecule has 4 amide bonds. The molecule has 0 spiro atoms. The van der Waals surface area contributed by atoms with Crippen molar-refractivity contribution in [3.63, 3.8) is 0 Å². The fraction of sp³-hybridized carbons (Fsp3) is 0.535. The van der Waals surface area contributed by atoms with E-state index >= 15 is 0 Å². The Morgan fingerprint density at radius 1 is 0.915 bits per heavy atom. The summed E-state index contributed by atoms with van der Waals surface area (Å²) < 4.78 is 30.2. The van der Waals surface area contributed by atoms with E-state index in [1.807, 2.05) is 31.3 Å². The lowest BCUT2D eigenvalue weighted by Crippen LogP contribution is -2.57. The Labute approximate surface area is 348 Å². The van der Waals surface area contributed by atoms with Gasteiger partial charge in [-0.05, 0) is 69.0 Å². The Morgan fingerprint density at radius 2 is 1.68 bits per heavy atom. The number of anilines is 2. The first kappa shape index (κ1) is 40.9. The van der Waals surface area contributed by atoms with Crippen molar-refractivity contribution in [3.05, 3.63) is 53.6 Å². The average molecular weight is 834 g/mol. The summed E-state index contributed by atoms with van der Waals surface area (Å²) in [6.45, 7) is 4.12. The van der Waals surface area contributed by atoms with Crippen LogP contribution >= 0.6 is 11.6 Å². The number of fused-ring (bicyclic) bond motifs is 5. The van der Waals surface area contributed by atoms with Gasteiger partial charge in [0.15, 0.2) is 24.0 Å². The minimum atomic E-state index is -1.26. The van der Waals surface area contributed by atoms with Crippen LogP contribution in [-0.2, 0) is 14.3 Å². The van der Waals surface area contributed by atoms with E-state index in [0.29, 0.717) is 69.4 Å². The van der Waals surface area contributed by atoms with Crippen molar-refractivity contribution in [1.82, 2.24) is 14.7 Å². The van der Waals surface area contributed by atoms with Gasteiger partial charge in [-0.25, -0.2) is 14.5 Å². The van der Waals surface area contributed by atoms with Crippen LogP contribution in [0.3, 0.4) is 0 Å². The van der Waals surface area contributed by atoms with Crippen molar-refractivity contribution in [2.24, 2.45) is 0 Å². The number of alkyl halides is 1. The van der Waals surface area contributed by atoms with Crippen LogP contribution < -0.4 is 24.0 Å². The molecule has 59 heavy (non-hydrogen) atoms. The van der Waals surface area contributed by atoms with Crippen molar-refractivity contribution in [3.8, 4) is 17.2 Å². The van der Waals surface area contributed by atoms with Crippen LogP contribution in [0, 0.1) is 0 Å². The Kier molecular flexibility index (Phi) is 12.3. The molecule has 8 rings (SSSR count). The second-order valence-electron chi connectivity index (χ2n) is 15.9. The van der Waals surface area contributed by atoms with Crippen LogP contribution in [0.1, 0.15) is 73.2 Å². The summed E-state index contributed by atoms with van der Waals surface area (Å²) in [5.74, 6) is 0.620. The molecule has 0 aliphatic carbocycles. The Balaban J connectivity index is 1.01. The molecule has 3 saturated heterocycles. The molecule has 0 bridgehead atoms. The van der Waals surface area contributed by atoms with Crippen molar-refractivity contribution in [2.75, 3.05) is 82.3 Å². The summed E-state index contributed by atoms with van der Waals surface area (Å²) in [6, 6.07) is 12.1. The molecule has 3 aromatic carbocycles. The minimum absolute atomic E-state index is 0.0950. The van der Waals surface area contributed by atoms with Crippen molar-refractivity contribution in [1.29, 1.82) is 0 Å². The van der Waals surface area contributed by atoms with Gasteiger partial charge in [0.1, 0.15) is 5.75 Å². The molecule has 316 valence electrons. The SMILES string of the molecule is COc1cc2c(cc1OCCCC(=O)N1C[C@@H](CCl)c3c1cc(OC(=O)N1CCN(C)CC1)c1ccccc31)N(C(=O)O)[C@@H](OC1CCCCO1)[C@@H]1CCCCN1C2=O. The van der Waals surface area contributed by atoms with Gasteiger partial charge in [-0.3, -0.25) is 9.59 Å². The Morgan fingerprint density at radius 3 is 2.41 bits per heavy atom. The Bertz CT molecular complexity index is 2070. The van der Waals surface area contributed by atoms with Gasteiger partial charge < -0.3 is 48.4 Å². The molecule has 1 unspecified atom stereocenters. The zero-order valence-electron chi connectivity index (χ0n) is 33.6. The smallest absolute Gasteiger partial charge is 0.415 e. The molecular formula is C43H52ClN5O10. The number of carboxylic acid groups (broad SMARTS) is 1.